The van der Waals surface area contributed by atoms with Crippen molar-refractivity contribution in [2.45, 2.75) is 42.6 Å². The fourth-order valence-electron chi connectivity index (χ4n) is 1.99. The fraction of sp³-hybridized carbons (Fsp3) is 0.438. The molecule has 6 nitrogen and oxygen atoms in total. The summed E-state index contributed by atoms with van der Waals surface area (Å²) in [5.41, 5.74) is 0.390. The van der Waals surface area contributed by atoms with Crippen LogP contribution in [0.4, 0.5) is 5.69 Å². The Morgan fingerprint density at radius 2 is 1.92 bits per heavy atom. The number of carboxylic acids is 1. The van der Waals surface area contributed by atoms with E-state index < -0.39 is 15.9 Å². The molecule has 0 aromatic heterocycles. The maximum atomic E-state index is 12.0. The van der Waals surface area contributed by atoms with Crippen molar-refractivity contribution in [1.29, 1.82) is 0 Å². The number of aromatic carboxylic acids is 1. The third-order valence-corrected chi connectivity index (χ3v) is 4.15. The molecular weight excluding hydrogens is 421 g/mol. The number of halogens is 3. The summed E-state index contributed by atoms with van der Waals surface area (Å²) >= 11 is 22.8. The molecule has 1 aromatic rings. The second-order valence-corrected chi connectivity index (χ2v) is 8.24. The summed E-state index contributed by atoms with van der Waals surface area (Å²) in [4.78, 5) is 22.9. The molecule has 0 aliphatic carbocycles. The van der Waals surface area contributed by atoms with E-state index in [9.17, 15) is 14.7 Å². The van der Waals surface area contributed by atoms with Crippen molar-refractivity contribution in [3.05, 3.63) is 29.8 Å². The van der Waals surface area contributed by atoms with Gasteiger partial charge in [0.25, 0.3) is 0 Å². The van der Waals surface area contributed by atoms with Crippen LogP contribution in [-0.2, 0) is 4.79 Å². The highest BCUT2D eigenvalue weighted by Gasteiger charge is 2.34. The van der Waals surface area contributed by atoms with E-state index in [0.29, 0.717) is 12.1 Å². The molecule has 0 aliphatic heterocycles. The van der Waals surface area contributed by atoms with Gasteiger partial charge in [-0.25, -0.2) is 0 Å². The highest BCUT2D eigenvalue weighted by Crippen LogP contribution is 2.29. The highest BCUT2D eigenvalue weighted by atomic mass is 35.6. The molecular formula is C16H19Cl3N3O3S-. The molecule has 0 saturated heterocycles. The standard InChI is InChI=1S/C16H20Cl3N3O3S/c1-2-3-4-8-12(23)21-14(16(17,18)19)22-15(26)20-11-7-5-6-10(9-11)13(24)25/h5-7,9,14H,2-4,8H2,1H3,(H,21,23)(H,24,25)(H2,20,22,26)/p-1/t14-/m0/s1. The van der Waals surface area contributed by atoms with Crippen molar-refractivity contribution < 1.29 is 14.7 Å². The third kappa shape index (κ3) is 8.40. The van der Waals surface area contributed by atoms with Gasteiger partial charge in [-0.15, -0.1) is 0 Å². The van der Waals surface area contributed by atoms with Gasteiger partial charge in [0.15, 0.2) is 5.11 Å². The van der Waals surface area contributed by atoms with E-state index >= 15 is 0 Å². The Bertz CT molecular complexity index is 653. The monoisotopic (exact) mass is 438 g/mol. The number of anilines is 1. The zero-order valence-electron chi connectivity index (χ0n) is 14.0. The molecule has 0 radical (unpaired) electrons. The molecule has 1 aromatic carbocycles. The van der Waals surface area contributed by atoms with Crippen LogP contribution < -0.4 is 21.1 Å². The number of hydrogen-bond donors (Lipinski definition) is 3. The molecule has 3 N–H and O–H groups in total. The van der Waals surface area contributed by atoms with Crippen LogP contribution in [0.1, 0.15) is 43.0 Å². The van der Waals surface area contributed by atoms with Gasteiger partial charge < -0.3 is 25.9 Å². The first-order valence-corrected chi connectivity index (χ1v) is 9.42. The zero-order valence-corrected chi connectivity index (χ0v) is 17.1. The second kappa shape index (κ2) is 10.8. The van der Waals surface area contributed by atoms with Crippen LogP contribution in [0, 0.1) is 0 Å². The molecule has 1 atom stereocenters. The van der Waals surface area contributed by atoms with Crippen molar-refractivity contribution in [2.24, 2.45) is 0 Å². The fourth-order valence-corrected chi connectivity index (χ4v) is 2.55. The van der Waals surface area contributed by atoms with Gasteiger partial charge in [0.2, 0.25) is 9.70 Å². The summed E-state index contributed by atoms with van der Waals surface area (Å²) in [6, 6.07) is 5.86. The Labute approximate surface area is 172 Å². The minimum absolute atomic E-state index is 0.0139. The smallest absolute Gasteiger partial charge is 0.228 e. The van der Waals surface area contributed by atoms with E-state index in [4.69, 9.17) is 47.0 Å². The van der Waals surface area contributed by atoms with Crippen molar-refractivity contribution in [1.82, 2.24) is 10.6 Å². The van der Waals surface area contributed by atoms with Gasteiger partial charge in [0.05, 0.1) is 5.97 Å². The molecule has 10 heteroatoms. The topological polar surface area (TPSA) is 93.3 Å². The Balaban J connectivity index is 2.70. The van der Waals surface area contributed by atoms with Crippen LogP contribution in [0.25, 0.3) is 0 Å². The number of hydrogen-bond acceptors (Lipinski definition) is 4. The lowest BCUT2D eigenvalue weighted by atomic mass is 10.2. The van der Waals surface area contributed by atoms with Gasteiger partial charge in [-0.2, -0.15) is 0 Å². The molecule has 0 bridgehead atoms. The number of benzene rings is 1. The molecule has 26 heavy (non-hydrogen) atoms. The molecule has 1 amide bonds. The average Bonchev–Trinajstić information content (AvgIpc) is 2.53. The summed E-state index contributed by atoms with van der Waals surface area (Å²) in [5.74, 6) is -1.59. The van der Waals surface area contributed by atoms with Crippen LogP contribution in [0.15, 0.2) is 24.3 Å². The number of amides is 1. The van der Waals surface area contributed by atoms with Crippen LogP contribution in [0.3, 0.4) is 0 Å². The summed E-state index contributed by atoms with van der Waals surface area (Å²) < 4.78 is -1.85. The number of thiocarbonyl (C=S) groups is 1. The Hall–Kier alpha value is -1.28. The summed E-state index contributed by atoms with van der Waals surface area (Å²) in [6.45, 7) is 2.03. The minimum Gasteiger partial charge on any atom is -0.545 e. The molecule has 0 unspecified atom stereocenters. The van der Waals surface area contributed by atoms with Crippen LogP contribution in [0.2, 0.25) is 0 Å². The predicted molar refractivity (Wildman–Crippen MR) is 106 cm³/mol. The molecule has 0 fully saturated rings. The number of carboxylic acid groups (broad SMARTS) is 1. The second-order valence-electron chi connectivity index (χ2n) is 5.47. The van der Waals surface area contributed by atoms with Crippen molar-refractivity contribution >= 4 is 69.7 Å². The number of nitrogens with one attached hydrogen (secondary N) is 3. The number of unbranched alkanes of at least 4 members (excludes halogenated alkanes) is 2. The maximum absolute atomic E-state index is 12.0. The molecule has 1 rings (SSSR count). The maximum Gasteiger partial charge on any atom is 0.228 e. The van der Waals surface area contributed by atoms with Crippen molar-refractivity contribution in [3.8, 4) is 0 Å². The summed E-state index contributed by atoms with van der Waals surface area (Å²) in [5, 5.41) is 19.0. The predicted octanol–water partition coefficient (Wildman–Crippen LogP) is 2.73. The first-order valence-electron chi connectivity index (χ1n) is 7.88. The average molecular weight is 440 g/mol. The van der Waals surface area contributed by atoms with Gasteiger partial charge in [0.1, 0.15) is 6.17 Å². The van der Waals surface area contributed by atoms with E-state index in [0.717, 1.165) is 19.3 Å². The Morgan fingerprint density at radius 1 is 1.23 bits per heavy atom. The molecule has 0 spiro atoms. The van der Waals surface area contributed by atoms with Gasteiger partial charge in [-0.05, 0) is 36.3 Å². The molecule has 0 saturated carbocycles. The van der Waals surface area contributed by atoms with Gasteiger partial charge in [0, 0.05) is 12.1 Å². The van der Waals surface area contributed by atoms with Gasteiger partial charge in [-0.3, -0.25) is 4.79 Å². The lowest BCUT2D eigenvalue weighted by molar-refractivity contribution is -0.255. The third-order valence-electron chi connectivity index (χ3n) is 3.27. The van der Waals surface area contributed by atoms with Crippen LogP contribution >= 0.6 is 47.0 Å². The highest BCUT2D eigenvalue weighted by molar-refractivity contribution is 7.80. The van der Waals surface area contributed by atoms with E-state index in [1.54, 1.807) is 6.07 Å². The van der Waals surface area contributed by atoms with E-state index in [-0.39, 0.29) is 16.6 Å². The van der Waals surface area contributed by atoms with Crippen LogP contribution in [0.5, 0.6) is 0 Å². The lowest BCUT2D eigenvalue weighted by Crippen LogP contribution is -2.56. The lowest BCUT2D eigenvalue weighted by Gasteiger charge is -2.28. The number of alkyl halides is 3. The summed E-state index contributed by atoms with van der Waals surface area (Å²) in [7, 11) is 0. The number of carbonyl (C=O) groups is 2. The molecule has 0 aliphatic rings. The summed E-state index contributed by atoms with van der Waals surface area (Å²) in [6.07, 6.45) is 1.88. The van der Waals surface area contributed by atoms with Crippen LogP contribution in [-0.4, -0.2) is 26.9 Å². The Morgan fingerprint density at radius 3 is 2.50 bits per heavy atom. The van der Waals surface area contributed by atoms with E-state index in [2.05, 4.69) is 16.0 Å². The van der Waals surface area contributed by atoms with E-state index in [1.807, 2.05) is 6.92 Å². The Kier molecular flexibility index (Phi) is 9.43. The van der Waals surface area contributed by atoms with Crippen molar-refractivity contribution in [3.63, 3.8) is 0 Å². The SMILES string of the molecule is CCCCCC(=O)N[C@@H](NC(=S)Nc1cccc(C(=O)[O-])c1)C(Cl)(Cl)Cl. The molecule has 144 valence electrons. The van der Waals surface area contributed by atoms with Gasteiger partial charge in [-0.1, -0.05) is 66.7 Å². The molecule has 0 heterocycles. The first kappa shape index (κ1) is 22.8. The number of rotatable bonds is 8. The number of carbonyl (C=O) groups excluding carboxylic acids is 2. The first-order chi connectivity index (χ1) is 12.1. The minimum atomic E-state index is -1.85. The largest absolute Gasteiger partial charge is 0.545 e. The van der Waals surface area contributed by atoms with Gasteiger partial charge >= 0.3 is 0 Å². The quantitative estimate of drug-likeness (QED) is 0.250. The normalized spacial score (nSPS) is 12.2. The van der Waals surface area contributed by atoms with Crippen molar-refractivity contribution in [2.75, 3.05) is 5.32 Å². The zero-order chi connectivity index (χ0) is 19.7. The van der Waals surface area contributed by atoms with E-state index in [1.165, 1.54) is 18.2 Å².